The van der Waals surface area contributed by atoms with E-state index in [4.69, 9.17) is 9.84 Å². The van der Waals surface area contributed by atoms with E-state index in [1.54, 1.807) is 29.0 Å². The highest BCUT2D eigenvalue weighted by molar-refractivity contribution is 5.91. The molecular formula is C32H29N5O2. The third kappa shape index (κ3) is 5.65. The largest absolute Gasteiger partial charge is 0.493 e. The Bertz CT molecular complexity index is 1760. The first-order valence-corrected chi connectivity index (χ1v) is 12.9. The molecule has 0 aliphatic heterocycles. The molecule has 7 heteroatoms. The monoisotopic (exact) mass is 515 g/mol. The molecule has 0 aliphatic rings. The lowest BCUT2D eigenvalue weighted by atomic mass is 10.0. The van der Waals surface area contributed by atoms with Gasteiger partial charge in [0.1, 0.15) is 17.5 Å². The Morgan fingerprint density at radius 1 is 1.10 bits per heavy atom. The van der Waals surface area contributed by atoms with Crippen LogP contribution in [-0.2, 0) is 0 Å². The number of nitrogens with one attached hydrogen (secondary N) is 1. The smallest absolute Gasteiger partial charge is 0.259 e. The molecule has 0 aliphatic carbocycles. The molecule has 2 aromatic heterocycles. The summed E-state index contributed by atoms with van der Waals surface area (Å²) in [6, 6.07) is 25.1. The second-order valence-electron chi connectivity index (χ2n) is 9.83. The van der Waals surface area contributed by atoms with Crippen molar-refractivity contribution in [2.75, 3.05) is 6.61 Å². The summed E-state index contributed by atoms with van der Waals surface area (Å²) >= 11 is 0. The van der Waals surface area contributed by atoms with E-state index in [0.29, 0.717) is 29.1 Å². The van der Waals surface area contributed by atoms with Gasteiger partial charge in [0, 0.05) is 17.3 Å². The van der Waals surface area contributed by atoms with Crippen LogP contribution in [0.1, 0.15) is 37.2 Å². The number of para-hydroxylation sites is 2. The van der Waals surface area contributed by atoms with Crippen molar-refractivity contribution in [2.24, 2.45) is 5.92 Å². The zero-order chi connectivity index (χ0) is 27.4. The number of nitriles is 1. The minimum absolute atomic E-state index is 0.213. The van der Waals surface area contributed by atoms with Crippen molar-refractivity contribution in [3.63, 3.8) is 0 Å². The van der Waals surface area contributed by atoms with Gasteiger partial charge in [0.05, 0.1) is 28.8 Å². The molecule has 0 atom stereocenters. The van der Waals surface area contributed by atoms with Crippen LogP contribution in [0.15, 0.2) is 83.8 Å². The van der Waals surface area contributed by atoms with E-state index in [2.05, 4.69) is 29.9 Å². The Balaban J connectivity index is 1.59. The Kier molecular flexibility index (Phi) is 7.37. The lowest BCUT2D eigenvalue weighted by Crippen LogP contribution is -2.11. The van der Waals surface area contributed by atoms with Gasteiger partial charge in [0.25, 0.3) is 5.56 Å². The predicted octanol–water partition coefficient (Wildman–Crippen LogP) is 6.57. The first kappa shape index (κ1) is 25.7. The normalized spacial score (nSPS) is 11.6. The maximum atomic E-state index is 12.7. The van der Waals surface area contributed by atoms with Crippen LogP contribution < -0.4 is 10.3 Å². The molecule has 3 aromatic carbocycles. The number of H-pyrrole nitrogens is 1. The highest BCUT2D eigenvalue weighted by Gasteiger charge is 2.16. The summed E-state index contributed by atoms with van der Waals surface area (Å²) in [6.07, 6.45) is 4.58. The second-order valence-corrected chi connectivity index (χ2v) is 9.83. The topological polar surface area (TPSA) is 96.6 Å². The van der Waals surface area contributed by atoms with Crippen molar-refractivity contribution in [3.05, 3.63) is 106 Å². The molecule has 7 nitrogen and oxygen atoms in total. The highest BCUT2D eigenvalue weighted by Crippen LogP contribution is 2.31. The molecule has 0 saturated heterocycles. The van der Waals surface area contributed by atoms with Crippen molar-refractivity contribution in [3.8, 4) is 28.8 Å². The summed E-state index contributed by atoms with van der Waals surface area (Å²) in [4.78, 5) is 20.0. The van der Waals surface area contributed by atoms with E-state index >= 15 is 0 Å². The molecule has 0 unspecified atom stereocenters. The molecule has 5 aromatic rings. The van der Waals surface area contributed by atoms with Crippen LogP contribution >= 0.6 is 0 Å². The van der Waals surface area contributed by atoms with Crippen LogP contribution in [-0.4, -0.2) is 26.4 Å². The third-order valence-electron chi connectivity index (χ3n) is 6.45. The van der Waals surface area contributed by atoms with Crippen molar-refractivity contribution < 1.29 is 4.74 Å². The summed E-state index contributed by atoms with van der Waals surface area (Å²) in [6.45, 7) is 7.03. The number of ether oxygens (including phenoxy) is 1. The van der Waals surface area contributed by atoms with Gasteiger partial charge in [0.15, 0.2) is 5.82 Å². The number of aryl methyl sites for hydroxylation is 1. The Hall–Kier alpha value is -4.96. The Labute approximate surface area is 227 Å². The highest BCUT2D eigenvalue weighted by atomic mass is 16.5. The van der Waals surface area contributed by atoms with Gasteiger partial charge in [-0.2, -0.15) is 10.4 Å². The number of hydrogen-bond acceptors (Lipinski definition) is 5. The number of fused-ring (bicyclic) bond motifs is 1. The second kappa shape index (κ2) is 11.2. The molecule has 0 radical (unpaired) electrons. The predicted molar refractivity (Wildman–Crippen MR) is 155 cm³/mol. The average Bonchev–Trinajstić information content (AvgIpc) is 3.37. The van der Waals surface area contributed by atoms with Gasteiger partial charge in [-0.15, -0.1) is 0 Å². The first-order valence-electron chi connectivity index (χ1n) is 12.9. The van der Waals surface area contributed by atoms with Crippen LogP contribution in [0.4, 0.5) is 0 Å². The van der Waals surface area contributed by atoms with Crippen molar-refractivity contribution in [2.45, 2.75) is 27.2 Å². The summed E-state index contributed by atoms with van der Waals surface area (Å²) < 4.78 is 7.79. The van der Waals surface area contributed by atoms with Gasteiger partial charge in [-0.05, 0) is 73.4 Å². The molecule has 5 rings (SSSR count). The van der Waals surface area contributed by atoms with E-state index < -0.39 is 0 Å². The molecule has 0 amide bonds. The SMILES string of the molecule is Cc1cc(-c2nn(-c3ccccc3)cc2/C=C(\C#N)c2nc3ccccc3c(=O)[nH]2)ccc1OCCC(C)C. The summed E-state index contributed by atoms with van der Waals surface area (Å²) in [5.74, 6) is 1.63. The molecule has 0 fully saturated rings. The van der Waals surface area contributed by atoms with Crippen molar-refractivity contribution in [1.29, 1.82) is 5.26 Å². The van der Waals surface area contributed by atoms with Gasteiger partial charge in [-0.3, -0.25) is 4.79 Å². The quantitative estimate of drug-likeness (QED) is 0.236. The number of aromatic amines is 1. The molecule has 194 valence electrons. The molecule has 0 spiro atoms. The maximum absolute atomic E-state index is 12.7. The zero-order valence-electron chi connectivity index (χ0n) is 22.2. The summed E-state index contributed by atoms with van der Waals surface area (Å²) in [5, 5.41) is 15.4. The van der Waals surface area contributed by atoms with E-state index in [1.807, 2.05) is 67.7 Å². The lowest BCUT2D eigenvalue weighted by molar-refractivity contribution is 0.288. The molecular weight excluding hydrogens is 486 g/mol. The van der Waals surface area contributed by atoms with Crippen LogP contribution in [0.25, 0.3) is 39.5 Å². The van der Waals surface area contributed by atoms with Crippen molar-refractivity contribution in [1.82, 2.24) is 19.7 Å². The van der Waals surface area contributed by atoms with Crippen LogP contribution in [0, 0.1) is 24.2 Å². The zero-order valence-corrected chi connectivity index (χ0v) is 22.2. The number of hydrogen-bond donors (Lipinski definition) is 1. The molecule has 1 N–H and O–H groups in total. The molecule has 2 heterocycles. The molecule has 0 bridgehead atoms. The molecule has 0 saturated carbocycles. The van der Waals surface area contributed by atoms with Gasteiger partial charge in [-0.25, -0.2) is 9.67 Å². The Morgan fingerprint density at radius 3 is 2.62 bits per heavy atom. The summed E-state index contributed by atoms with van der Waals surface area (Å²) in [5.41, 5.74) is 4.67. The first-order chi connectivity index (χ1) is 18.9. The van der Waals surface area contributed by atoms with Gasteiger partial charge >= 0.3 is 0 Å². The number of rotatable bonds is 8. The summed E-state index contributed by atoms with van der Waals surface area (Å²) in [7, 11) is 0. The van der Waals surface area contributed by atoms with Gasteiger partial charge in [-0.1, -0.05) is 44.2 Å². The minimum atomic E-state index is -0.291. The van der Waals surface area contributed by atoms with Crippen LogP contribution in [0.5, 0.6) is 5.75 Å². The minimum Gasteiger partial charge on any atom is -0.493 e. The van der Waals surface area contributed by atoms with Crippen LogP contribution in [0.3, 0.4) is 0 Å². The Morgan fingerprint density at radius 2 is 1.87 bits per heavy atom. The van der Waals surface area contributed by atoms with Crippen LogP contribution in [0.2, 0.25) is 0 Å². The van der Waals surface area contributed by atoms with E-state index in [1.165, 1.54) is 0 Å². The van der Waals surface area contributed by atoms with E-state index in [9.17, 15) is 10.1 Å². The fourth-order valence-corrected chi connectivity index (χ4v) is 4.32. The van der Waals surface area contributed by atoms with Gasteiger partial charge < -0.3 is 9.72 Å². The number of benzene rings is 3. The fraction of sp³-hybridized carbons (Fsp3) is 0.188. The van der Waals surface area contributed by atoms with E-state index in [0.717, 1.165) is 34.5 Å². The maximum Gasteiger partial charge on any atom is 0.259 e. The molecule has 39 heavy (non-hydrogen) atoms. The fourth-order valence-electron chi connectivity index (χ4n) is 4.32. The average molecular weight is 516 g/mol. The third-order valence-corrected chi connectivity index (χ3v) is 6.45. The van der Waals surface area contributed by atoms with Crippen molar-refractivity contribution >= 4 is 22.6 Å². The number of aromatic nitrogens is 4. The lowest BCUT2D eigenvalue weighted by Gasteiger charge is -2.11. The van der Waals surface area contributed by atoms with E-state index in [-0.39, 0.29) is 17.0 Å². The number of allylic oxidation sites excluding steroid dienone is 1. The van der Waals surface area contributed by atoms with Gasteiger partial charge in [0.2, 0.25) is 0 Å². The standard InChI is InChI=1S/C32H29N5O2/c1-21(2)15-16-39-29-14-13-23(17-22(29)3)30-25(20-37(36-30)26-9-5-4-6-10-26)18-24(19-33)31-34-28-12-8-7-11-27(28)32(38)35-31/h4-14,17-18,20-21H,15-16H2,1-3H3,(H,34,35,38)/b24-18+. The number of nitrogens with zero attached hydrogens (tertiary/aromatic N) is 4.